The number of aliphatic hydroxyl groups is 2. The number of hydrogen-bond acceptors (Lipinski definition) is 3. The van der Waals surface area contributed by atoms with Gasteiger partial charge in [-0.25, -0.2) is 4.79 Å². The molecule has 0 aliphatic heterocycles. The van der Waals surface area contributed by atoms with Crippen LogP contribution in [0.25, 0.3) is 0 Å². The van der Waals surface area contributed by atoms with E-state index in [9.17, 15) is 15.0 Å². The van der Waals surface area contributed by atoms with Crippen LogP contribution in [0.5, 0.6) is 0 Å². The van der Waals surface area contributed by atoms with Crippen molar-refractivity contribution >= 4 is 5.97 Å². The molecule has 1 aromatic carbocycles. The molecule has 0 heterocycles. The summed E-state index contributed by atoms with van der Waals surface area (Å²) in [7, 11) is 0. The van der Waals surface area contributed by atoms with E-state index in [1.165, 1.54) is 12.1 Å². The molecule has 0 unspecified atom stereocenters. The Morgan fingerprint density at radius 2 is 1.65 bits per heavy atom. The minimum Gasteiger partial charge on any atom is -0.478 e. The highest BCUT2D eigenvalue weighted by molar-refractivity contribution is 5.87. The van der Waals surface area contributed by atoms with Crippen molar-refractivity contribution in [2.75, 3.05) is 13.2 Å². The maximum atomic E-state index is 10.8. The smallest absolute Gasteiger partial charge is 0.335 e. The molecule has 0 atom stereocenters. The molecule has 0 saturated carbocycles. The van der Waals surface area contributed by atoms with E-state index >= 15 is 0 Å². The Morgan fingerprint density at radius 3 is 2.09 bits per heavy atom. The minimum absolute atomic E-state index is 0.147. The summed E-state index contributed by atoms with van der Waals surface area (Å²) >= 11 is 0. The van der Waals surface area contributed by atoms with Crippen LogP contribution in [0, 0.1) is 34.5 Å². The Bertz CT molecular complexity index is 651. The average molecular weight is 314 g/mol. The lowest BCUT2D eigenvalue weighted by Crippen LogP contribution is -2.43. The number of benzene rings is 1. The highest BCUT2D eigenvalue weighted by atomic mass is 16.4. The summed E-state index contributed by atoms with van der Waals surface area (Å²) in [5, 5.41) is 28.0. The Balaban J connectivity index is 2.94. The van der Waals surface area contributed by atoms with Crippen molar-refractivity contribution in [3.63, 3.8) is 0 Å². The molecule has 0 saturated heterocycles. The summed E-state index contributed by atoms with van der Waals surface area (Å²) in [5.41, 5.74) is -0.382. The second-order valence-electron chi connectivity index (χ2n) is 5.96. The van der Waals surface area contributed by atoms with E-state index in [0.717, 1.165) is 0 Å². The number of carboxylic acid groups (broad SMARTS) is 1. The highest BCUT2D eigenvalue weighted by Gasteiger charge is 2.41. The Labute approximate surface area is 137 Å². The fourth-order valence-corrected chi connectivity index (χ4v) is 2.23. The standard InChI is InChI=1S/C19H22O4/c1-4-19(13-20,14-21)18(2,3)12-6-5-7-15-8-10-16(11-9-15)17(22)23/h8-11,20-21H,4,13-14H2,1-3H3,(H,22,23). The number of aromatic carboxylic acids is 1. The first-order chi connectivity index (χ1) is 10.8. The molecule has 1 aromatic rings. The maximum Gasteiger partial charge on any atom is 0.335 e. The monoisotopic (exact) mass is 314 g/mol. The number of carboxylic acids is 1. The first-order valence-electron chi connectivity index (χ1n) is 7.40. The fraction of sp³-hybridized carbons (Fsp3) is 0.421. The van der Waals surface area contributed by atoms with Gasteiger partial charge in [0, 0.05) is 16.4 Å². The second-order valence-corrected chi connectivity index (χ2v) is 5.96. The van der Waals surface area contributed by atoms with Crippen molar-refractivity contribution in [1.29, 1.82) is 0 Å². The van der Waals surface area contributed by atoms with Crippen LogP contribution in [0.3, 0.4) is 0 Å². The van der Waals surface area contributed by atoms with Crippen LogP contribution in [-0.2, 0) is 0 Å². The van der Waals surface area contributed by atoms with Crippen LogP contribution < -0.4 is 0 Å². The molecule has 0 amide bonds. The zero-order valence-electron chi connectivity index (χ0n) is 13.7. The molecule has 0 bridgehead atoms. The van der Waals surface area contributed by atoms with E-state index in [-0.39, 0.29) is 18.8 Å². The first kappa shape index (κ1) is 18.8. The van der Waals surface area contributed by atoms with Crippen molar-refractivity contribution in [2.45, 2.75) is 27.2 Å². The third-order valence-electron chi connectivity index (χ3n) is 4.38. The molecule has 4 heteroatoms. The first-order valence-corrected chi connectivity index (χ1v) is 7.40. The van der Waals surface area contributed by atoms with Crippen molar-refractivity contribution in [1.82, 2.24) is 0 Å². The molecular weight excluding hydrogens is 292 g/mol. The van der Waals surface area contributed by atoms with Gasteiger partial charge in [0.15, 0.2) is 0 Å². The maximum absolute atomic E-state index is 10.8. The van der Waals surface area contributed by atoms with Gasteiger partial charge >= 0.3 is 5.97 Å². The molecule has 0 aliphatic rings. The van der Waals surface area contributed by atoms with Gasteiger partial charge in [-0.15, -0.1) is 0 Å². The average Bonchev–Trinajstić information content (AvgIpc) is 2.54. The molecule has 0 spiro atoms. The van der Waals surface area contributed by atoms with E-state index in [1.54, 1.807) is 12.1 Å². The molecule has 4 nitrogen and oxygen atoms in total. The fourth-order valence-electron chi connectivity index (χ4n) is 2.23. The number of hydrogen-bond donors (Lipinski definition) is 3. The van der Waals surface area contributed by atoms with Crippen LogP contribution in [0.4, 0.5) is 0 Å². The Hall–Kier alpha value is -2.27. The summed E-state index contributed by atoms with van der Waals surface area (Å²) < 4.78 is 0. The summed E-state index contributed by atoms with van der Waals surface area (Å²) in [6.07, 6.45) is 0.603. The molecule has 0 radical (unpaired) electrons. The van der Waals surface area contributed by atoms with Gasteiger partial charge in [0.05, 0.1) is 18.8 Å². The zero-order valence-corrected chi connectivity index (χ0v) is 13.7. The van der Waals surface area contributed by atoms with E-state index in [0.29, 0.717) is 12.0 Å². The van der Waals surface area contributed by atoms with Crippen LogP contribution >= 0.6 is 0 Å². The lowest BCUT2D eigenvalue weighted by Gasteiger charge is -2.40. The van der Waals surface area contributed by atoms with Gasteiger partial charge in [-0.2, -0.15) is 0 Å². The predicted molar refractivity (Wildman–Crippen MR) is 88.7 cm³/mol. The van der Waals surface area contributed by atoms with Crippen molar-refractivity contribution in [2.24, 2.45) is 10.8 Å². The molecule has 1 rings (SSSR count). The van der Waals surface area contributed by atoms with E-state index in [2.05, 4.69) is 23.7 Å². The van der Waals surface area contributed by atoms with Gasteiger partial charge in [-0.3, -0.25) is 0 Å². The lowest BCUT2D eigenvalue weighted by atomic mass is 9.65. The van der Waals surface area contributed by atoms with Gasteiger partial charge in [-0.1, -0.05) is 18.8 Å². The SMILES string of the molecule is CCC(CO)(CO)C(C)(C)C#CC#Cc1ccc(C(=O)O)cc1. The largest absolute Gasteiger partial charge is 0.478 e. The molecule has 0 aromatic heterocycles. The number of aliphatic hydroxyl groups excluding tert-OH is 2. The number of carbonyl (C=O) groups is 1. The van der Waals surface area contributed by atoms with E-state index in [4.69, 9.17) is 5.11 Å². The highest BCUT2D eigenvalue weighted by Crippen LogP contribution is 2.40. The molecule has 3 N–H and O–H groups in total. The van der Waals surface area contributed by atoms with E-state index in [1.807, 2.05) is 20.8 Å². The normalized spacial score (nSPS) is 11.0. The van der Waals surface area contributed by atoms with Crippen LogP contribution in [0.1, 0.15) is 43.1 Å². The quantitative estimate of drug-likeness (QED) is 0.728. The van der Waals surface area contributed by atoms with E-state index < -0.39 is 16.8 Å². The molecular formula is C19H22O4. The predicted octanol–water partition coefficient (Wildman–Crippen LogP) is 2.15. The third kappa shape index (κ3) is 4.36. The van der Waals surface area contributed by atoms with Crippen molar-refractivity contribution in [3.05, 3.63) is 35.4 Å². The van der Waals surface area contributed by atoms with Crippen LogP contribution in [0.15, 0.2) is 24.3 Å². The van der Waals surface area contributed by atoms with Gasteiger partial charge in [-0.05, 0) is 56.4 Å². The van der Waals surface area contributed by atoms with Gasteiger partial charge in [0.1, 0.15) is 0 Å². The zero-order chi connectivity index (χ0) is 17.5. The molecule has 0 aliphatic carbocycles. The lowest BCUT2D eigenvalue weighted by molar-refractivity contribution is -0.0166. The topological polar surface area (TPSA) is 77.8 Å². The summed E-state index contributed by atoms with van der Waals surface area (Å²) in [5.74, 6) is 10.4. The molecule has 0 fully saturated rings. The van der Waals surface area contributed by atoms with Crippen molar-refractivity contribution in [3.8, 4) is 23.7 Å². The number of rotatable bonds is 5. The Kier molecular flexibility index (Phi) is 6.39. The van der Waals surface area contributed by atoms with Gasteiger partial charge in [0.25, 0.3) is 0 Å². The summed E-state index contributed by atoms with van der Waals surface area (Å²) in [4.78, 5) is 10.8. The van der Waals surface area contributed by atoms with Gasteiger partial charge < -0.3 is 15.3 Å². The van der Waals surface area contributed by atoms with Crippen LogP contribution in [-0.4, -0.2) is 34.5 Å². The van der Waals surface area contributed by atoms with Crippen molar-refractivity contribution < 1.29 is 20.1 Å². The Morgan fingerprint density at radius 1 is 1.09 bits per heavy atom. The minimum atomic E-state index is -0.977. The second kappa shape index (κ2) is 7.83. The third-order valence-corrected chi connectivity index (χ3v) is 4.38. The molecule has 122 valence electrons. The van der Waals surface area contributed by atoms with Gasteiger partial charge in [0.2, 0.25) is 0 Å². The summed E-state index contributed by atoms with van der Waals surface area (Å²) in [6, 6.07) is 6.23. The molecule has 23 heavy (non-hydrogen) atoms. The summed E-state index contributed by atoms with van der Waals surface area (Å²) in [6.45, 7) is 5.36. The van der Waals surface area contributed by atoms with Crippen LogP contribution in [0.2, 0.25) is 0 Å².